The average Bonchev–Trinajstić information content (AvgIpc) is 2.60. The van der Waals surface area contributed by atoms with Crippen molar-refractivity contribution in [2.75, 3.05) is 0 Å². The first-order valence-corrected chi connectivity index (χ1v) is 6.60. The minimum atomic E-state index is -1.05. The first-order valence-electron chi connectivity index (χ1n) is 6.60. The molecule has 0 bridgehead atoms. The molecule has 1 aliphatic rings. The minimum Gasteiger partial charge on any atom is -0.456 e. The van der Waals surface area contributed by atoms with E-state index in [9.17, 15) is 9.59 Å². The quantitative estimate of drug-likeness (QED) is 0.318. The van der Waals surface area contributed by atoms with Gasteiger partial charge in [0.15, 0.2) is 5.57 Å². The molecule has 2 aromatic carbocycles. The summed E-state index contributed by atoms with van der Waals surface area (Å²) in [5.74, 6) is 8.75. The van der Waals surface area contributed by atoms with Crippen LogP contribution in [-0.4, -0.2) is 11.9 Å². The van der Waals surface area contributed by atoms with Gasteiger partial charge in [0.25, 0.3) is 0 Å². The molecule has 0 saturated heterocycles. The van der Waals surface area contributed by atoms with Crippen LogP contribution in [0, 0.1) is 0 Å². The average molecular weight is 312 g/mol. The molecule has 0 unspecified atom stereocenters. The third kappa shape index (κ3) is 2.44. The molecule has 0 aromatic heterocycles. The molecule has 0 radical (unpaired) electrons. The highest BCUT2D eigenvalue weighted by atomic mass is 16.7. The molecule has 7 nitrogen and oxygen atoms in total. The van der Waals surface area contributed by atoms with Gasteiger partial charge in [0.05, 0.1) is 0 Å². The third-order valence-electron chi connectivity index (χ3n) is 3.41. The van der Waals surface area contributed by atoms with Crippen LogP contribution in [0.3, 0.4) is 0 Å². The van der Waals surface area contributed by atoms with E-state index in [2.05, 4.69) is 9.68 Å². The maximum absolute atomic E-state index is 12.0. The fourth-order valence-electron chi connectivity index (χ4n) is 2.46. The highest BCUT2D eigenvalue weighted by molar-refractivity contribution is 6.22. The monoisotopic (exact) mass is 312 g/mol. The number of hydrogen-bond acceptors (Lipinski definition) is 7. The van der Waals surface area contributed by atoms with Crippen LogP contribution in [-0.2, 0) is 19.3 Å². The van der Waals surface area contributed by atoms with Gasteiger partial charge in [-0.1, -0.05) is 36.4 Å². The first-order chi connectivity index (χ1) is 11.2. The van der Waals surface area contributed by atoms with E-state index in [0.29, 0.717) is 22.6 Å². The lowest BCUT2D eigenvalue weighted by Crippen LogP contribution is -2.25. The molecule has 0 fully saturated rings. The molecule has 0 aliphatic carbocycles. The molecule has 0 spiro atoms. The van der Waals surface area contributed by atoms with Crippen LogP contribution in [0.4, 0.5) is 0 Å². The van der Waals surface area contributed by atoms with Crippen molar-refractivity contribution < 1.29 is 24.0 Å². The summed E-state index contributed by atoms with van der Waals surface area (Å²) in [7, 11) is 0. The summed E-state index contributed by atoms with van der Waals surface area (Å²) in [4.78, 5) is 32.5. The number of nitrogens with two attached hydrogens (primary N) is 2. The number of carbonyl (C=O) groups is 2. The fourth-order valence-corrected chi connectivity index (χ4v) is 2.46. The summed E-state index contributed by atoms with van der Waals surface area (Å²) in [6, 6.07) is 13.9. The Morgan fingerprint density at radius 3 is 1.65 bits per heavy atom. The predicted octanol–water partition coefficient (Wildman–Crippen LogP) is 1.43. The maximum Gasteiger partial charge on any atom is 0.364 e. The zero-order valence-corrected chi connectivity index (χ0v) is 11.8. The van der Waals surface area contributed by atoms with Gasteiger partial charge in [0.1, 0.15) is 11.5 Å². The lowest BCUT2D eigenvalue weighted by atomic mass is 9.90. The molecule has 1 heterocycles. The molecule has 116 valence electrons. The molecule has 1 aliphatic heterocycles. The van der Waals surface area contributed by atoms with Crippen LogP contribution < -0.4 is 16.5 Å². The molecule has 0 saturated carbocycles. The number of ether oxygens (including phenoxy) is 1. The van der Waals surface area contributed by atoms with Crippen LogP contribution >= 0.6 is 0 Å². The molecule has 4 N–H and O–H groups in total. The number of hydrogen-bond donors (Lipinski definition) is 2. The third-order valence-corrected chi connectivity index (χ3v) is 3.41. The van der Waals surface area contributed by atoms with Gasteiger partial charge in [-0.25, -0.2) is 9.59 Å². The Hall–Kier alpha value is -3.16. The summed E-state index contributed by atoms with van der Waals surface area (Å²) in [6.45, 7) is 0. The summed E-state index contributed by atoms with van der Waals surface area (Å²) in [6.07, 6.45) is 0. The van der Waals surface area contributed by atoms with Crippen molar-refractivity contribution in [3.63, 3.8) is 0 Å². The molecule has 0 atom stereocenters. The summed E-state index contributed by atoms with van der Waals surface area (Å²) in [5, 5.41) is 0. The zero-order chi connectivity index (χ0) is 16.4. The fraction of sp³-hybridized carbons (Fsp3) is 0. The second-order valence-corrected chi connectivity index (χ2v) is 4.65. The molecule has 23 heavy (non-hydrogen) atoms. The first kappa shape index (κ1) is 14.8. The maximum atomic E-state index is 12.0. The van der Waals surface area contributed by atoms with Crippen molar-refractivity contribution in [3.8, 4) is 11.5 Å². The van der Waals surface area contributed by atoms with Crippen molar-refractivity contribution in [1.82, 2.24) is 0 Å². The zero-order valence-electron chi connectivity index (χ0n) is 11.8. The van der Waals surface area contributed by atoms with E-state index in [-0.39, 0.29) is 5.57 Å². The van der Waals surface area contributed by atoms with E-state index in [0.717, 1.165) is 0 Å². The Labute approximate surface area is 131 Å². The van der Waals surface area contributed by atoms with E-state index in [4.69, 9.17) is 16.5 Å². The van der Waals surface area contributed by atoms with Crippen molar-refractivity contribution in [3.05, 3.63) is 65.2 Å². The number of benzene rings is 2. The van der Waals surface area contributed by atoms with Crippen molar-refractivity contribution in [2.24, 2.45) is 11.8 Å². The van der Waals surface area contributed by atoms with Gasteiger partial charge in [0, 0.05) is 16.7 Å². The Bertz CT molecular complexity index is 763. The molecule has 7 heteroatoms. The van der Waals surface area contributed by atoms with Crippen molar-refractivity contribution in [1.29, 1.82) is 0 Å². The van der Waals surface area contributed by atoms with Gasteiger partial charge in [-0.05, 0) is 12.1 Å². The SMILES string of the molecule is NOC(=O)C(C(=O)ON)=C1c2ccccc2Oc2ccccc21. The number of fused-ring (bicyclic) bond motifs is 2. The van der Waals surface area contributed by atoms with Gasteiger partial charge in [-0.15, -0.1) is 0 Å². The highest BCUT2D eigenvalue weighted by Crippen LogP contribution is 2.44. The molecule has 3 rings (SSSR count). The van der Waals surface area contributed by atoms with Gasteiger partial charge in [-0.2, -0.15) is 11.8 Å². The van der Waals surface area contributed by atoms with E-state index < -0.39 is 17.5 Å². The summed E-state index contributed by atoms with van der Waals surface area (Å²) >= 11 is 0. The Morgan fingerprint density at radius 1 is 0.783 bits per heavy atom. The minimum absolute atomic E-state index is 0.286. The number of carbonyl (C=O) groups excluding carboxylic acids is 2. The molecule has 2 aromatic rings. The molecule has 0 amide bonds. The molecular weight excluding hydrogens is 300 g/mol. The number of rotatable bonds is 2. The van der Waals surface area contributed by atoms with E-state index in [1.807, 2.05) is 0 Å². The van der Waals surface area contributed by atoms with E-state index in [1.165, 1.54) is 0 Å². The van der Waals surface area contributed by atoms with Crippen LogP contribution in [0.25, 0.3) is 5.57 Å². The van der Waals surface area contributed by atoms with Crippen molar-refractivity contribution >= 4 is 17.5 Å². The van der Waals surface area contributed by atoms with Crippen LogP contribution in [0.2, 0.25) is 0 Å². The van der Waals surface area contributed by atoms with Crippen molar-refractivity contribution in [2.45, 2.75) is 0 Å². The van der Waals surface area contributed by atoms with Gasteiger partial charge < -0.3 is 14.4 Å². The number of para-hydroxylation sites is 2. The normalized spacial score (nSPS) is 11.7. The Kier molecular flexibility index (Phi) is 3.80. The summed E-state index contributed by atoms with van der Waals surface area (Å²) < 4.78 is 5.78. The highest BCUT2D eigenvalue weighted by Gasteiger charge is 2.32. The lowest BCUT2D eigenvalue weighted by molar-refractivity contribution is -0.147. The standard InChI is InChI=1S/C16H12N2O5/c17-22-15(19)14(16(20)23-18)13-9-5-1-3-7-11(9)21-12-8-4-2-6-10(12)13/h1-8H,17-18H2. The van der Waals surface area contributed by atoms with Crippen LogP contribution in [0.15, 0.2) is 54.1 Å². The smallest absolute Gasteiger partial charge is 0.364 e. The second-order valence-electron chi connectivity index (χ2n) is 4.65. The summed E-state index contributed by atoms with van der Waals surface area (Å²) in [5.41, 5.74) is 0.931. The van der Waals surface area contributed by atoms with Gasteiger partial charge in [0.2, 0.25) is 0 Å². The Morgan fingerprint density at radius 2 is 1.22 bits per heavy atom. The topological polar surface area (TPSA) is 114 Å². The van der Waals surface area contributed by atoms with Gasteiger partial charge >= 0.3 is 11.9 Å². The second kappa shape index (κ2) is 5.91. The lowest BCUT2D eigenvalue weighted by Gasteiger charge is -2.23. The van der Waals surface area contributed by atoms with E-state index in [1.54, 1.807) is 48.5 Å². The Balaban J connectivity index is 2.38. The van der Waals surface area contributed by atoms with Gasteiger partial charge in [-0.3, -0.25) is 0 Å². The predicted molar refractivity (Wildman–Crippen MR) is 79.5 cm³/mol. The van der Waals surface area contributed by atoms with Crippen LogP contribution in [0.1, 0.15) is 11.1 Å². The van der Waals surface area contributed by atoms with E-state index >= 15 is 0 Å². The largest absolute Gasteiger partial charge is 0.456 e. The molecular formula is C16H12N2O5. The van der Waals surface area contributed by atoms with Crippen LogP contribution in [0.5, 0.6) is 11.5 Å².